The fourth-order valence-corrected chi connectivity index (χ4v) is 3.85. The quantitative estimate of drug-likeness (QED) is 0.745. The Balaban J connectivity index is 2.15. The van der Waals surface area contributed by atoms with Crippen molar-refractivity contribution in [1.82, 2.24) is 9.55 Å². The zero-order valence-electron chi connectivity index (χ0n) is 12.8. The first-order valence-electron chi connectivity index (χ1n) is 6.95. The molecular formula is C16H12Cl2N2O3S. The highest BCUT2D eigenvalue weighted by atomic mass is 35.5. The van der Waals surface area contributed by atoms with Crippen LogP contribution in [-0.2, 0) is 13.5 Å². The maximum atomic E-state index is 12.6. The molecule has 24 heavy (non-hydrogen) atoms. The van der Waals surface area contributed by atoms with Crippen LogP contribution in [0, 0.1) is 6.92 Å². The molecule has 0 saturated carbocycles. The smallest absolute Gasteiger partial charge is 0.346 e. The molecule has 0 aliphatic carbocycles. The summed E-state index contributed by atoms with van der Waals surface area (Å²) in [5, 5.41) is 10.5. The number of aromatic carboxylic acids is 1. The third-order valence-electron chi connectivity index (χ3n) is 3.80. The Morgan fingerprint density at radius 3 is 2.67 bits per heavy atom. The van der Waals surface area contributed by atoms with E-state index in [-0.39, 0.29) is 10.4 Å². The minimum absolute atomic E-state index is 0.140. The number of benzene rings is 1. The molecule has 0 spiro atoms. The molecule has 1 N–H and O–H groups in total. The highest BCUT2D eigenvalue weighted by molar-refractivity contribution is 7.20. The van der Waals surface area contributed by atoms with Crippen LogP contribution in [-0.4, -0.2) is 20.6 Å². The van der Waals surface area contributed by atoms with Gasteiger partial charge in [0.05, 0.1) is 15.4 Å². The molecule has 0 radical (unpaired) electrons. The van der Waals surface area contributed by atoms with Crippen molar-refractivity contribution in [2.24, 2.45) is 7.05 Å². The molecule has 0 saturated heterocycles. The van der Waals surface area contributed by atoms with Gasteiger partial charge in [-0.15, -0.1) is 11.3 Å². The van der Waals surface area contributed by atoms with E-state index < -0.39 is 5.97 Å². The van der Waals surface area contributed by atoms with Crippen LogP contribution in [0.25, 0.3) is 10.2 Å². The van der Waals surface area contributed by atoms with Crippen molar-refractivity contribution in [3.8, 4) is 0 Å². The molecular weight excluding hydrogens is 371 g/mol. The predicted octanol–water partition coefficient (Wildman–Crippen LogP) is 3.90. The van der Waals surface area contributed by atoms with Crippen molar-refractivity contribution in [1.29, 1.82) is 0 Å². The van der Waals surface area contributed by atoms with Gasteiger partial charge >= 0.3 is 5.97 Å². The largest absolute Gasteiger partial charge is 0.477 e. The maximum Gasteiger partial charge on any atom is 0.346 e. The Kier molecular flexibility index (Phi) is 4.38. The summed E-state index contributed by atoms with van der Waals surface area (Å²) in [4.78, 5) is 28.9. The second kappa shape index (κ2) is 6.20. The minimum Gasteiger partial charge on any atom is -0.477 e. The molecule has 0 aliphatic heterocycles. The SMILES string of the molecule is Cc1c(C(=O)O)sc2nc(Cc3ccc(Cl)c(Cl)c3)n(C)c(=O)c12. The topological polar surface area (TPSA) is 72.2 Å². The Labute approximate surface area is 151 Å². The number of carboxylic acids is 1. The number of thiophene rings is 1. The van der Waals surface area contributed by atoms with Crippen LogP contribution in [0.2, 0.25) is 10.0 Å². The summed E-state index contributed by atoms with van der Waals surface area (Å²) < 4.78 is 1.44. The molecule has 2 heterocycles. The number of rotatable bonds is 3. The standard InChI is InChI=1S/C16H12Cl2N2O3S/c1-7-12-14(24-13(7)16(22)23)19-11(20(2)15(12)21)6-8-3-4-9(17)10(18)5-8/h3-5H,6H2,1-2H3,(H,22,23). The second-order valence-electron chi connectivity index (χ2n) is 5.36. The molecule has 0 atom stereocenters. The summed E-state index contributed by atoms with van der Waals surface area (Å²) >= 11 is 12.9. The number of carbonyl (C=O) groups is 1. The average molecular weight is 383 g/mol. The van der Waals surface area contributed by atoms with Gasteiger partial charge < -0.3 is 5.11 Å². The van der Waals surface area contributed by atoms with Crippen molar-refractivity contribution in [2.75, 3.05) is 0 Å². The van der Waals surface area contributed by atoms with E-state index in [1.54, 1.807) is 26.1 Å². The van der Waals surface area contributed by atoms with Gasteiger partial charge in [-0.1, -0.05) is 29.3 Å². The lowest BCUT2D eigenvalue weighted by atomic mass is 10.1. The first kappa shape index (κ1) is 17.0. The molecule has 0 fully saturated rings. The molecule has 8 heteroatoms. The highest BCUT2D eigenvalue weighted by Gasteiger charge is 2.20. The van der Waals surface area contributed by atoms with Gasteiger partial charge in [0.15, 0.2) is 0 Å². The lowest BCUT2D eigenvalue weighted by Gasteiger charge is -2.08. The fourth-order valence-electron chi connectivity index (χ4n) is 2.50. The van der Waals surface area contributed by atoms with Crippen molar-refractivity contribution in [3.63, 3.8) is 0 Å². The van der Waals surface area contributed by atoms with Crippen LogP contribution >= 0.6 is 34.5 Å². The van der Waals surface area contributed by atoms with Crippen molar-refractivity contribution < 1.29 is 9.90 Å². The van der Waals surface area contributed by atoms with Gasteiger partial charge in [0.2, 0.25) is 0 Å². The van der Waals surface area contributed by atoms with E-state index in [0.29, 0.717) is 38.1 Å². The summed E-state index contributed by atoms with van der Waals surface area (Å²) in [6.07, 6.45) is 0.387. The van der Waals surface area contributed by atoms with Crippen LogP contribution < -0.4 is 5.56 Å². The molecule has 0 bridgehead atoms. The lowest BCUT2D eigenvalue weighted by molar-refractivity contribution is 0.0701. The summed E-state index contributed by atoms with van der Waals surface area (Å²) in [5.41, 5.74) is 1.06. The molecule has 2 aromatic heterocycles. The van der Waals surface area contributed by atoms with E-state index in [0.717, 1.165) is 16.9 Å². The van der Waals surface area contributed by atoms with Gasteiger partial charge in [0, 0.05) is 13.5 Å². The Morgan fingerprint density at radius 2 is 2.04 bits per heavy atom. The van der Waals surface area contributed by atoms with E-state index in [9.17, 15) is 14.7 Å². The molecule has 0 amide bonds. The van der Waals surface area contributed by atoms with Crippen LogP contribution in [0.4, 0.5) is 0 Å². The van der Waals surface area contributed by atoms with Gasteiger partial charge in [-0.05, 0) is 30.2 Å². The van der Waals surface area contributed by atoms with Crippen molar-refractivity contribution >= 4 is 50.7 Å². The second-order valence-corrected chi connectivity index (χ2v) is 7.17. The third-order valence-corrected chi connectivity index (χ3v) is 5.72. The first-order valence-corrected chi connectivity index (χ1v) is 8.53. The zero-order valence-corrected chi connectivity index (χ0v) is 15.1. The summed E-state index contributed by atoms with van der Waals surface area (Å²) in [5.74, 6) is -0.521. The van der Waals surface area contributed by atoms with Gasteiger partial charge in [-0.3, -0.25) is 9.36 Å². The number of halogens is 2. The monoisotopic (exact) mass is 382 g/mol. The number of hydrogen-bond donors (Lipinski definition) is 1. The zero-order chi connectivity index (χ0) is 17.6. The summed E-state index contributed by atoms with van der Waals surface area (Å²) in [6, 6.07) is 5.23. The molecule has 0 unspecified atom stereocenters. The van der Waals surface area contributed by atoms with Gasteiger partial charge in [-0.25, -0.2) is 9.78 Å². The number of carboxylic acid groups (broad SMARTS) is 1. The Hall–Kier alpha value is -1.89. The van der Waals surface area contributed by atoms with Crippen molar-refractivity contribution in [2.45, 2.75) is 13.3 Å². The minimum atomic E-state index is -1.05. The molecule has 0 aliphatic rings. The normalized spacial score (nSPS) is 11.2. The van der Waals surface area contributed by atoms with E-state index >= 15 is 0 Å². The van der Waals surface area contributed by atoms with Gasteiger partial charge in [-0.2, -0.15) is 0 Å². The highest BCUT2D eigenvalue weighted by Crippen LogP contribution is 2.28. The fraction of sp³-hybridized carbons (Fsp3) is 0.188. The Morgan fingerprint density at radius 1 is 1.33 bits per heavy atom. The number of fused-ring (bicyclic) bond motifs is 1. The van der Waals surface area contributed by atoms with Gasteiger partial charge in [0.1, 0.15) is 15.5 Å². The third kappa shape index (κ3) is 2.81. The number of aromatic nitrogens is 2. The van der Waals surface area contributed by atoms with Gasteiger partial charge in [0.25, 0.3) is 5.56 Å². The van der Waals surface area contributed by atoms with E-state index in [1.165, 1.54) is 4.57 Å². The molecule has 3 rings (SSSR count). The summed E-state index contributed by atoms with van der Waals surface area (Å²) in [6.45, 7) is 1.63. The lowest BCUT2D eigenvalue weighted by Crippen LogP contribution is -2.22. The van der Waals surface area contributed by atoms with Crippen LogP contribution in [0.3, 0.4) is 0 Å². The van der Waals surface area contributed by atoms with E-state index in [4.69, 9.17) is 23.2 Å². The first-order chi connectivity index (χ1) is 11.3. The predicted molar refractivity (Wildman–Crippen MR) is 95.8 cm³/mol. The summed E-state index contributed by atoms with van der Waals surface area (Å²) in [7, 11) is 1.62. The maximum absolute atomic E-state index is 12.6. The van der Waals surface area contributed by atoms with Crippen LogP contribution in [0.1, 0.15) is 26.6 Å². The number of aryl methyl sites for hydroxylation is 1. The van der Waals surface area contributed by atoms with Crippen molar-refractivity contribution in [3.05, 3.63) is 60.4 Å². The van der Waals surface area contributed by atoms with E-state index in [2.05, 4.69) is 4.98 Å². The number of hydrogen-bond acceptors (Lipinski definition) is 4. The molecule has 124 valence electrons. The van der Waals surface area contributed by atoms with Crippen LogP contribution in [0.5, 0.6) is 0 Å². The van der Waals surface area contributed by atoms with Crippen LogP contribution in [0.15, 0.2) is 23.0 Å². The molecule has 5 nitrogen and oxygen atoms in total. The average Bonchev–Trinajstić information content (AvgIpc) is 2.85. The molecule has 3 aromatic rings. The molecule has 1 aromatic carbocycles. The number of nitrogens with zero attached hydrogens (tertiary/aromatic N) is 2. The Bertz CT molecular complexity index is 1040. The van der Waals surface area contributed by atoms with E-state index in [1.807, 2.05) is 6.07 Å².